The van der Waals surface area contributed by atoms with Gasteiger partial charge in [-0.3, -0.25) is 9.80 Å². The van der Waals surface area contributed by atoms with E-state index < -0.39 is 0 Å². The monoisotopic (exact) mass is 320 g/mol. The molecule has 1 aromatic heterocycles. The van der Waals surface area contributed by atoms with Gasteiger partial charge in [-0.2, -0.15) is 0 Å². The highest BCUT2D eigenvalue weighted by atomic mass is 32.1. The molecule has 3 nitrogen and oxygen atoms in total. The highest BCUT2D eigenvalue weighted by molar-refractivity contribution is 7.11. The third kappa shape index (κ3) is 3.12. The first-order valence-electron chi connectivity index (χ1n) is 8.88. The van der Waals surface area contributed by atoms with E-state index in [0.29, 0.717) is 6.04 Å². The Morgan fingerprint density at radius 2 is 1.95 bits per heavy atom. The van der Waals surface area contributed by atoms with E-state index in [4.69, 9.17) is 4.74 Å². The van der Waals surface area contributed by atoms with Gasteiger partial charge in [-0.25, -0.2) is 0 Å². The van der Waals surface area contributed by atoms with Crippen molar-refractivity contribution in [2.45, 2.75) is 57.2 Å². The van der Waals surface area contributed by atoms with Gasteiger partial charge in [0, 0.05) is 35.4 Å². The van der Waals surface area contributed by atoms with Gasteiger partial charge in [-0.15, -0.1) is 11.3 Å². The van der Waals surface area contributed by atoms with Crippen LogP contribution < -0.4 is 0 Å². The van der Waals surface area contributed by atoms with E-state index in [0.717, 1.165) is 13.2 Å². The van der Waals surface area contributed by atoms with Gasteiger partial charge >= 0.3 is 0 Å². The number of aryl methyl sites for hydroxylation is 1. The predicted octanol–water partition coefficient (Wildman–Crippen LogP) is 3.28. The lowest BCUT2D eigenvalue weighted by molar-refractivity contribution is -0.0451. The standard InChI is InChI=1S/C18H28N2OS/c1-15-4-5-17(22-15)13-19-10-6-18(7-11-19)12-16(14-21-18)20-8-2-3-9-20/h4-5,16H,2-3,6-14H2,1H3/t16-/m1/s1. The molecule has 0 amide bonds. The molecule has 3 saturated heterocycles. The Morgan fingerprint density at radius 1 is 1.18 bits per heavy atom. The minimum Gasteiger partial charge on any atom is -0.373 e. The summed E-state index contributed by atoms with van der Waals surface area (Å²) in [6.45, 7) is 9.30. The van der Waals surface area contributed by atoms with Crippen LogP contribution in [0.25, 0.3) is 0 Å². The lowest BCUT2D eigenvalue weighted by Crippen LogP contribution is -2.44. The maximum absolute atomic E-state index is 6.34. The van der Waals surface area contributed by atoms with Gasteiger partial charge in [0.1, 0.15) is 0 Å². The molecule has 22 heavy (non-hydrogen) atoms. The Kier molecular flexibility index (Phi) is 4.29. The van der Waals surface area contributed by atoms with E-state index >= 15 is 0 Å². The van der Waals surface area contributed by atoms with Crippen molar-refractivity contribution in [3.63, 3.8) is 0 Å². The van der Waals surface area contributed by atoms with Crippen LogP contribution in [0, 0.1) is 6.92 Å². The molecule has 0 unspecified atom stereocenters. The van der Waals surface area contributed by atoms with Gasteiger partial charge in [0.25, 0.3) is 0 Å². The lowest BCUT2D eigenvalue weighted by atomic mass is 9.87. The summed E-state index contributed by atoms with van der Waals surface area (Å²) in [5.74, 6) is 0. The van der Waals surface area contributed by atoms with Crippen molar-refractivity contribution >= 4 is 11.3 Å². The third-order valence-electron chi connectivity index (χ3n) is 5.79. The van der Waals surface area contributed by atoms with Gasteiger partial charge in [-0.1, -0.05) is 0 Å². The predicted molar refractivity (Wildman–Crippen MR) is 91.5 cm³/mol. The molecule has 1 spiro atoms. The second kappa shape index (κ2) is 6.23. The van der Waals surface area contributed by atoms with Crippen LogP contribution in [0.5, 0.6) is 0 Å². The van der Waals surface area contributed by atoms with Crippen molar-refractivity contribution in [3.8, 4) is 0 Å². The van der Waals surface area contributed by atoms with E-state index in [1.54, 1.807) is 0 Å². The first-order chi connectivity index (χ1) is 10.7. The zero-order valence-electron chi connectivity index (χ0n) is 13.7. The highest BCUT2D eigenvalue weighted by Crippen LogP contribution is 2.38. The molecule has 122 valence electrons. The van der Waals surface area contributed by atoms with Gasteiger partial charge in [0.15, 0.2) is 0 Å². The molecule has 0 aromatic carbocycles. The Bertz CT molecular complexity index is 501. The van der Waals surface area contributed by atoms with Gasteiger partial charge in [0.05, 0.1) is 12.2 Å². The molecule has 0 N–H and O–H groups in total. The summed E-state index contributed by atoms with van der Waals surface area (Å²) < 4.78 is 6.34. The lowest BCUT2D eigenvalue weighted by Gasteiger charge is -2.38. The van der Waals surface area contributed by atoms with E-state index in [1.165, 1.54) is 68.0 Å². The van der Waals surface area contributed by atoms with E-state index in [-0.39, 0.29) is 5.60 Å². The summed E-state index contributed by atoms with van der Waals surface area (Å²) in [6.07, 6.45) is 6.50. The van der Waals surface area contributed by atoms with Crippen LogP contribution in [-0.4, -0.2) is 54.2 Å². The fourth-order valence-electron chi connectivity index (χ4n) is 4.42. The summed E-state index contributed by atoms with van der Waals surface area (Å²) >= 11 is 1.94. The third-order valence-corrected chi connectivity index (χ3v) is 6.77. The second-order valence-electron chi connectivity index (χ2n) is 7.38. The largest absolute Gasteiger partial charge is 0.373 e. The van der Waals surface area contributed by atoms with Crippen LogP contribution in [0.1, 0.15) is 41.9 Å². The van der Waals surface area contributed by atoms with E-state index in [1.807, 2.05) is 11.3 Å². The molecule has 0 bridgehead atoms. The summed E-state index contributed by atoms with van der Waals surface area (Å²) in [7, 11) is 0. The smallest absolute Gasteiger partial charge is 0.0723 e. The highest BCUT2D eigenvalue weighted by Gasteiger charge is 2.44. The SMILES string of the molecule is Cc1ccc(CN2CCC3(CC2)C[C@@H](N2CCCC2)CO3)s1. The molecular weight excluding hydrogens is 292 g/mol. The van der Waals surface area contributed by atoms with E-state index in [2.05, 4.69) is 28.9 Å². The van der Waals surface area contributed by atoms with Crippen molar-refractivity contribution in [1.29, 1.82) is 0 Å². The molecule has 3 aliphatic rings. The number of thiophene rings is 1. The molecule has 4 heterocycles. The second-order valence-corrected chi connectivity index (χ2v) is 8.76. The Labute approximate surface area is 138 Å². The van der Waals surface area contributed by atoms with Crippen LogP contribution >= 0.6 is 11.3 Å². The molecule has 3 fully saturated rings. The Morgan fingerprint density at radius 3 is 2.64 bits per heavy atom. The fourth-order valence-corrected chi connectivity index (χ4v) is 5.35. The molecule has 0 saturated carbocycles. The number of piperidine rings is 1. The van der Waals surface area contributed by atoms with Gasteiger partial charge < -0.3 is 4.74 Å². The van der Waals surface area contributed by atoms with Crippen LogP contribution in [0.4, 0.5) is 0 Å². The number of nitrogens with zero attached hydrogens (tertiary/aromatic N) is 2. The van der Waals surface area contributed by atoms with Crippen molar-refractivity contribution in [2.75, 3.05) is 32.8 Å². The maximum Gasteiger partial charge on any atom is 0.0723 e. The van der Waals surface area contributed by atoms with Gasteiger partial charge in [0.2, 0.25) is 0 Å². The van der Waals surface area contributed by atoms with Crippen LogP contribution in [0.3, 0.4) is 0 Å². The molecule has 1 atom stereocenters. The zero-order valence-corrected chi connectivity index (χ0v) is 14.5. The summed E-state index contributed by atoms with van der Waals surface area (Å²) in [5.41, 5.74) is 0.203. The molecule has 0 aliphatic carbocycles. The Hall–Kier alpha value is -0.420. The van der Waals surface area contributed by atoms with Crippen molar-refractivity contribution < 1.29 is 4.74 Å². The number of hydrogen-bond acceptors (Lipinski definition) is 4. The Balaban J connectivity index is 1.30. The molecule has 4 heteroatoms. The maximum atomic E-state index is 6.34. The summed E-state index contributed by atoms with van der Waals surface area (Å²) in [5, 5.41) is 0. The minimum atomic E-state index is 0.203. The normalized spacial score (nSPS) is 29.6. The molecule has 3 aliphatic heterocycles. The number of likely N-dealkylation sites (tertiary alicyclic amines) is 2. The quantitative estimate of drug-likeness (QED) is 0.850. The van der Waals surface area contributed by atoms with Gasteiger partial charge in [-0.05, 0) is 64.3 Å². The topological polar surface area (TPSA) is 15.7 Å². The van der Waals surface area contributed by atoms with Crippen LogP contribution in [0.2, 0.25) is 0 Å². The molecular formula is C18H28N2OS. The number of rotatable bonds is 3. The van der Waals surface area contributed by atoms with Crippen molar-refractivity contribution in [2.24, 2.45) is 0 Å². The van der Waals surface area contributed by atoms with Crippen molar-refractivity contribution in [1.82, 2.24) is 9.80 Å². The first-order valence-corrected chi connectivity index (χ1v) is 9.70. The zero-order chi connectivity index (χ0) is 15.0. The average Bonchev–Trinajstić information content (AvgIpc) is 3.23. The minimum absolute atomic E-state index is 0.203. The summed E-state index contributed by atoms with van der Waals surface area (Å²) in [6, 6.07) is 5.24. The molecule has 0 radical (unpaired) electrons. The number of hydrogen-bond donors (Lipinski definition) is 0. The molecule has 1 aromatic rings. The average molecular weight is 321 g/mol. The van der Waals surface area contributed by atoms with Crippen LogP contribution in [0.15, 0.2) is 12.1 Å². The number of ether oxygens (including phenoxy) is 1. The van der Waals surface area contributed by atoms with Crippen molar-refractivity contribution in [3.05, 3.63) is 21.9 Å². The summed E-state index contributed by atoms with van der Waals surface area (Å²) in [4.78, 5) is 8.23. The molecule has 4 rings (SSSR count). The van der Waals surface area contributed by atoms with Crippen LogP contribution in [-0.2, 0) is 11.3 Å². The fraction of sp³-hybridized carbons (Fsp3) is 0.778. The van der Waals surface area contributed by atoms with E-state index in [9.17, 15) is 0 Å². The first kappa shape index (κ1) is 15.1.